The summed E-state index contributed by atoms with van der Waals surface area (Å²) in [6.45, 7) is 9.26. The number of nitrogens with one attached hydrogen (secondary N) is 1. The molecule has 3 aromatic rings. The second-order valence-electron chi connectivity index (χ2n) is 7.45. The van der Waals surface area contributed by atoms with Crippen LogP contribution < -0.4 is 10.9 Å². The van der Waals surface area contributed by atoms with E-state index in [4.69, 9.17) is 11.6 Å². The number of benzene rings is 1. The molecule has 2 heterocycles. The van der Waals surface area contributed by atoms with Crippen molar-refractivity contribution >= 4 is 34.3 Å². The predicted octanol–water partition coefficient (Wildman–Crippen LogP) is 4.31. The summed E-state index contributed by atoms with van der Waals surface area (Å²) in [5.41, 5.74) is 1.96. The summed E-state index contributed by atoms with van der Waals surface area (Å²) in [4.78, 5) is 21.3. The minimum absolute atomic E-state index is 0.0887. The van der Waals surface area contributed by atoms with Crippen LogP contribution in [0, 0.1) is 6.92 Å². The number of halogens is 1. The molecule has 0 atom stereocenters. The standard InChI is InChI=1S/C20H23ClN4O2/c1-11(2)25-17-13(9-15(21)18(25)26)10-22-19(24-17)23-16-7-6-14(8-12(16)3)20(4,5)27/h6-11,27H,1-5H3,(H,22,23,24). The molecule has 3 rings (SSSR count). The highest BCUT2D eigenvalue weighted by Gasteiger charge is 2.17. The summed E-state index contributed by atoms with van der Waals surface area (Å²) < 4.78 is 1.56. The van der Waals surface area contributed by atoms with Gasteiger partial charge in [0.05, 0.1) is 5.60 Å². The highest BCUT2D eigenvalue weighted by Crippen LogP contribution is 2.26. The molecule has 0 saturated heterocycles. The van der Waals surface area contributed by atoms with E-state index in [1.54, 1.807) is 30.7 Å². The van der Waals surface area contributed by atoms with E-state index in [-0.39, 0.29) is 16.6 Å². The lowest BCUT2D eigenvalue weighted by Gasteiger charge is -2.19. The molecule has 6 nitrogen and oxygen atoms in total. The first-order valence-corrected chi connectivity index (χ1v) is 9.14. The van der Waals surface area contributed by atoms with Crippen LogP contribution in [0.25, 0.3) is 11.0 Å². The third-order valence-electron chi connectivity index (χ3n) is 4.43. The molecule has 142 valence electrons. The van der Waals surface area contributed by atoms with Crippen LogP contribution in [-0.2, 0) is 5.60 Å². The normalized spacial score (nSPS) is 12.0. The van der Waals surface area contributed by atoms with Gasteiger partial charge in [0.15, 0.2) is 0 Å². The summed E-state index contributed by atoms with van der Waals surface area (Å²) in [6, 6.07) is 7.17. The Labute approximate surface area is 162 Å². The van der Waals surface area contributed by atoms with Gasteiger partial charge >= 0.3 is 0 Å². The Bertz CT molecular complexity index is 1070. The second-order valence-corrected chi connectivity index (χ2v) is 7.85. The van der Waals surface area contributed by atoms with Gasteiger partial charge in [0.1, 0.15) is 10.7 Å². The molecule has 2 aromatic heterocycles. The fraction of sp³-hybridized carbons (Fsp3) is 0.350. The van der Waals surface area contributed by atoms with Gasteiger partial charge in [-0.3, -0.25) is 9.36 Å². The Balaban J connectivity index is 2.05. The van der Waals surface area contributed by atoms with E-state index >= 15 is 0 Å². The lowest BCUT2D eigenvalue weighted by molar-refractivity contribution is 0.0785. The number of rotatable bonds is 4. The number of aryl methyl sites for hydroxylation is 1. The van der Waals surface area contributed by atoms with E-state index in [0.717, 1.165) is 16.8 Å². The van der Waals surface area contributed by atoms with Crippen molar-refractivity contribution in [3.05, 3.63) is 57.0 Å². The molecule has 0 radical (unpaired) electrons. The molecule has 0 bridgehead atoms. The molecule has 0 amide bonds. The van der Waals surface area contributed by atoms with Crippen LogP contribution in [0.15, 0.2) is 35.3 Å². The van der Waals surface area contributed by atoms with Gasteiger partial charge in [0, 0.05) is 23.3 Å². The second kappa shape index (κ2) is 6.94. The minimum atomic E-state index is -0.907. The number of pyridine rings is 1. The number of aromatic nitrogens is 3. The smallest absolute Gasteiger partial charge is 0.271 e. The summed E-state index contributed by atoms with van der Waals surface area (Å²) >= 11 is 6.05. The topological polar surface area (TPSA) is 80.0 Å². The maximum atomic E-state index is 12.4. The molecule has 27 heavy (non-hydrogen) atoms. The number of hydrogen-bond acceptors (Lipinski definition) is 5. The predicted molar refractivity (Wildman–Crippen MR) is 109 cm³/mol. The van der Waals surface area contributed by atoms with Crippen molar-refractivity contribution in [1.82, 2.24) is 14.5 Å². The van der Waals surface area contributed by atoms with Gasteiger partial charge in [-0.1, -0.05) is 23.7 Å². The Kier molecular flexibility index (Phi) is 4.97. The van der Waals surface area contributed by atoms with Crippen molar-refractivity contribution < 1.29 is 5.11 Å². The van der Waals surface area contributed by atoms with Crippen molar-refractivity contribution in [1.29, 1.82) is 0 Å². The maximum Gasteiger partial charge on any atom is 0.271 e. The van der Waals surface area contributed by atoms with Crippen molar-refractivity contribution in [3.8, 4) is 0 Å². The SMILES string of the molecule is Cc1cc(C(C)(C)O)ccc1Nc1ncc2cc(Cl)c(=O)n(C(C)C)c2n1. The molecule has 0 fully saturated rings. The number of aliphatic hydroxyl groups is 1. The van der Waals surface area contributed by atoms with Crippen LogP contribution >= 0.6 is 11.6 Å². The van der Waals surface area contributed by atoms with Crippen molar-refractivity contribution in [2.75, 3.05) is 5.32 Å². The lowest BCUT2D eigenvalue weighted by Crippen LogP contribution is -2.23. The van der Waals surface area contributed by atoms with Gasteiger partial charge in [0.25, 0.3) is 5.56 Å². The van der Waals surface area contributed by atoms with Crippen LogP contribution in [-0.4, -0.2) is 19.6 Å². The Morgan fingerprint density at radius 3 is 2.56 bits per heavy atom. The van der Waals surface area contributed by atoms with E-state index in [0.29, 0.717) is 17.0 Å². The zero-order chi connectivity index (χ0) is 19.9. The Morgan fingerprint density at radius 2 is 1.96 bits per heavy atom. The minimum Gasteiger partial charge on any atom is -0.386 e. The third-order valence-corrected chi connectivity index (χ3v) is 4.70. The fourth-order valence-electron chi connectivity index (χ4n) is 2.93. The lowest BCUT2D eigenvalue weighted by atomic mass is 9.96. The quantitative estimate of drug-likeness (QED) is 0.698. The largest absolute Gasteiger partial charge is 0.386 e. The fourth-order valence-corrected chi connectivity index (χ4v) is 3.14. The first kappa shape index (κ1) is 19.3. The van der Waals surface area contributed by atoms with Crippen LogP contribution in [0.4, 0.5) is 11.6 Å². The number of hydrogen-bond donors (Lipinski definition) is 2. The van der Waals surface area contributed by atoms with Gasteiger partial charge in [-0.2, -0.15) is 4.98 Å². The summed E-state index contributed by atoms with van der Waals surface area (Å²) in [6.07, 6.45) is 1.65. The maximum absolute atomic E-state index is 12.4. The molecule has 1 aromatic carbocycles. The molecular formula is C20H23ClN4O2. The highest BCUT2D eigenvalue weighted by atomic mass is 35.5. The number of nitrogens with zero attached hydrogens (tertiary/aromatic N) is 3. The Morgan fingerprint density at radius 1 is 1.26 bits per heavy atom. The van der Waals surface area contributed by atoms with E-state index in [9.17, 15) is 9.90 Å². The van der Waals surface area contributed by atoms with Gasteiger partial charge in [-0.15, -0.1) is 0 Å². The molecule has 0 aliphatic heterocycles. The first-order valence-electron chi connectivity index (χ1n) is 8.76. The molecule has 0 aliphatic carbocycles. The average Bonchev–Trinajstić information content (AvgIpc) is 2.56. The number of fused-ring (bicyclic) bond motifs is 1. The molecule has 0 saturated carbocycles. The summed E-state index contributed by atoms with van der Waals surface area (Å²) in [5, 5.41) is 14.2. The number of anilines is 2. The zero-order valence-corrected chi connectivity index (χ0v) is 16.8. The summed E-state index contributed by atoms with van der Waals surface area (Å²) in [7, 11) is 0. The average molecular weight is 387 g/mol. The van der Waals surface area contributed by atoms with Crippen molar-refractivity contribution in [2.45, 2.75) is 46.3 Å². The van der Waals surface area contributed by atoms with E-state index in [2.05, 4.69) is 15.3 Å². The van der Waals surface area contributed by atoms with E-state index in [1.165, 1.54) is 0 Å². The molecular weight excluding hydrogens is 364 g/mol. The van der Waals surface area contributed by atoms with Gasteiger partial charge in [-0.25, -0.2) is 4.98 Å². The van der Waals surface area contributed by atoms with Gasteiger partial charge < -0.3 is 10.4 Å². The van der Waals surface area contributed by atoms with E-state index < -0.39 is 5.60 Å². The first-order chi connectivity index (χ1) is 12.6. The molecule has 2 N–H and O–H groups in total. The van der Waals surface area contributed by atoms with Crippen molar-refractivity contribution in [3.63, 3.8) is 0 Å². The highest BCUT2D eigenvalue weighted by molar-refractivity contribution is 6.31. The van der Waals surface area contributed by atoms with Crippen LogP contribution in [0.1, 0.15) is 44.9 Å². The molecule has 0 unspecified atom stereocenters. The van der Waals surface area contributed by atoms with Crippen LogP contribution in [0.3, 0.4) is 0 Å². The molecule has 0 aliphatic rings. The van der Waals surface area contributed by atoms with Crippen LogP contribution in [0.5, 0.6) is 0 Å². The van der Waals surface area contributed by atoms with Gasteiger partial charge in [0.2, 0.25) is 5.95 Å². The molecule has 7 heteroatoms. The van der Waals surface area contributed by atoms with E-state index in [1.807, 2.05) is 39.0 Å². The monoisotopic (exact) mass is 386 g/mol. The van der Waals surface area contributed by atoms with Crippen LogP contribution in [0.2, 0.25) is 5.02 Å². The zero-order valence-electron chi connectivity index (χ0n) is 16.0. The molecule has 0 spiro atoms. The van der Waals surface area contributed by atoms with Gasteiger partial charge in [-0.05, 0) is 57.9 Å². The van der Waals surface area contributed by atoms with Crippen molar-refractivity contribution in [2.24, 2.45) is 0 Å². The Hall–Kier alpha value is -2.44. The summed E-state index contributed by atoms with van der Waals surface area (Å²) in [5.74, 6) is 0.387. The third kappa shape index (κ3) is 3.82.